The minimum Gasteiger partial charge on any atom is -0.311 e. The van der Waals surface area contributed by atoms with Gasteiger partial charge >= 0.3 is 5.69 Å². The van der Waals surface area contributed by atoms with Gasteiger partial charge < -0.3 is 9.88 Å². The molecule has 1 atom stereocenters. The van der Waals surface area contributed by atoms with Crippen LogP contribution in [0.3, 0.4) is 0 Å². The lowest BCUT2D eigenvalue weighted by atomic mass is 10.3. The van der Waals surface area contributed by atoms with E-state index in [0.29, 0.717) is 5.82 Å². The fourth-order valence-electron chi connectivity index (χ4n) is 1.99. The first-order valence-corrected chi connectivity index (χ1v) is 7.14. The van der Waals surface area contributed by atoms with Gasteiger partial charge in [0.2, 0.25) is 5.91 Å². The van der Waals surface area contributed by atoms with E-state index in [1.807, 2.05) is 13.8 Å². The second-order valence-corrected chi connectivity index (χ2v) is 5.02. The molecule has 0 aliphatic rings. The number of aromatic nitrogens is 4. The van der Waals surface area contributed by atoms with E-state index in [4.69, 9.17) is 0 Å². The van der Waals surface area contributed by atoms with E-state index in [-0.39, 0.29) is 24.9 Å². The standard InChI is InChI=1S/C14H19N5O3/c1-3-10(2)19-11(4-7-15-19)16-12(20)5-8-18-9-6-13(21)17-14(18)22/h4,6-7,9-10H,3,5,8H2,1-2H3,(H,16,20)(H,17,21,22). The van der Waals surface area contributed by atoms with Crippen LogP contribution in [0.25, 0.3) is 0 Å². The van der Waals surface area contributed by atoms with Crippen molar-refractivity contribution in [3.05, 3.63) is 45.4 Å². The monoisotopic (exact) mass is 305 g/mol. The minimum atomic E-state index is -0.523. The fraction of sp³-hybridized carbons (Fsp3) is 0.429. The molecule has 2 aromatic rings. The maximum atomic E-state index is 12.0. The Bertz CT molecular complexity index is 758. The molecule has 2 rings (SSSR count). The van der Waals surface area contributed by atoms with Gasteiger partial charge in [-0.1, -0.05) is 6.92 Å². The Morgan fingerprint density at radius 3 is 2.86 bits per heavy atom. The number of aryl methyl sites for hydroxylation is 1. The molecule has 0 radical (unpaired) electrons. The van der Waals surface area contributed by atoms with Crippen LogP contribution in [-0.2, 0) is 11.3 Å². The third kappa shape index (κ3) is 3.72. The van der Waals surface area contributed by atoms with Crippen LogP contribution in [-0.4, -0.2) is 25.2 Å². The van der Waals surface area contributed by atoms with Crippen molar-refractivity contribution in [3.63, 3.8) is 0 Å². The van der Waals surface area contributed by atoms with Gasteiger partial charge in [0.1, 0.15) is 5.82 Å². The van der Waals surface area contributed by atoms with E-state index in [0.717, 1.165) is 6.42 Å². The van der Waals surface area contributed by atoms with Crippen molar-refractivity contribution >= 4 is 11.7 Å². The van der Waals surface area contributed by atoms with Gasteiger partial charge in [0.15, 0.2) is 0 Å². The lowest BCUT2D eigenvalue weighted by Gasteiger charge is -2.14. The number of carbonyl (C=O) groups excluding carboxylic acids is 1. The molecule has 0 bridgehead atoms. The number of carbonyl (C=O) groups is 1. The zero-order chi connectivity index (χ0) is 16.1. The third-order valence-corrected chi connectivity index (χ3v) is 3.42. The molecule has 0 saturated heterocycles. The number of anilines is 1. The first-order valence-electron chi connectivity index (χ1n) is 7.14. The molecule has 0 aliphatic heterocycles. The second kappa shape index (κ2) is 6.88. The molecular formula is C14H19N5O3. The average molecular weight is 305 g/mol. The first-order chi connectivity index (χ1) is 10.5. The van der Waals surface area contributed by atoms with Gasteiger partial charge in [-0.25, -0.2) is 9.48 Å². The number of nitrogens with zero attached hydrogens (tertiary/aromatic N) is 3. The van der Waals surface area contributed by atoms with E-state index in [1.165, 1.54) is 16.8 Å². The lowest BCUT2D eigenvalue weighted by Crippen LogP contribution is -2.30. The predicted molar refractivity (Wildman–Crippen MR) is 81.8 cm³/mol. The normalized spacial score (nSPS) is 12.1. The molecule has 0 aromatic carbocycles. The number of nitrogens with one attached hydrogen (secondary N) is 2. The zero-order valence-electron chi connectivity index (χ0n) is 12.6. The van der Waals surface area contributed by atoms with E-state index in [9.17, 15) is 14.4 Å². The molecule has 0 saturated carbocycles. The van der Waals surface area contributed by atoms with Crippen LogP contribution >= 0.6 is 0 Å². The van der Waals surface area contributed by atoms with Gasteiger partial charge in [0.05, 0.1) is 12.2 Å². The number of rotatable bonds is 6. The van der Waals surface area contributed by atoms with E-state index >= 15 is 0 Å². The molecular weight excluding hydrogens is 286 g/mol. The van der Waals surface area contributed by atoms with Gasteiger partial charge in [-0.3, -0.25) is 14.6 Å². The molecule has 0 fully saturated rings. The lowest BCUT2D eigenvalue weighted by molar-refractivity contribution is -0.116. The van der Waals surface area contributed by atoms with Gasteiger partial charge in [-0.15, -0.1) is 0 Å². The summed E-state index contributed by atoms with van der Waals surface area (Å²) < 4.78 is 3.04. The van der Waals surface area contributed by atoms with Crippen molar-refractivity contribution in [2.45, 2.75) is 39.3 Å². The summed E-state index contributed by atoms with van der Waals surface area (Å²) in [6.07, 6.45) is 4.03. The van der Waals surface area contributed by atoms with E-state index < -0.39 is 11.2 Å². The summed E-state index contributed by atoms with van der Waals surface area (Å²) in [5, 5.41) is 6.97. The number of amides is 1. The number of aromatic amines is 1. The zero-order valence-corrected chi connectivity index (χ0v) is 12.6. The molecule has 2 aromatic heterocycles. The summed E-state index contributed by atoms with van der Waals surface area (Å²) in [5.41, 5.74) is -0.979. The quantitative estimate of drug-likeness (QED) is 0.821. The highest BCUT2D eigenvalue weighted by molar-refractivity contribution is 5.89. The summed E-state index contributed by atoms with van der Waals surface area (Å²) in [5.74, 6) is 0.413. The van der Waals surface area contributed by atoms with Crippen LogP contribution in [0.15, 0.2) is 34.1 Å². The molecule has 2 N–H and O–H groups in total. The van der Waals surface area contributed by atoms with Gasteiger partial charge in [-0.05, 0) is 13.3 Å². The van der Waals surface area contributed by atoms with Crippen LogP contribution in [0, 0.1) is 0 Å². The topological polar surface area (TPSA) is 102 Å². The van der Waals surface area contributed by atoms with Crippen molar-refractivity contribution in [1.29, 1.82) is 0 Å². The molecule has 1 amide bonds. The molecule has 118 valence electrons. The molecule has 2 heterocycles. The Morgan fingerprint density at radius 1 is 1.41 bits per heavy atom. The summed E-state index contributed by atoms with van der Waals surface area (Å²) in [6, 6.07) is 3.17. The molecule has 0 spiro atoms. The SMILES string of the molecule is CCC(C)n1nccc1NC(=O)CCn1ccc(=O)[nH]c1=O. The number of hydrogen-bond donors (Lipinski definition) is 2. The second-order valence-electron chi connectivity index (χ2n) is 5.02. The largest absolute Gasteiger partial charge is 0.328 e. The Labute approximate surface area is 126 Å². The number of hydrogen-bond acceptors (Lipinski definition) is 4. The van der Waals surface area contributed by atoms with Crippen molar-refractivity contribution in [1.82, 2.24) is 19.3 Å². The summed E-state index contributed by atoms with van der Waals surface area (Å²) in [6.45, 7) is 4.25. The summed E-state index contributed by atoms with van der Waals surface area (Å²) in [7, 11) is 0. The summed E-state index contributed by atoms with van der Waals surface area (Å²) >= 11 is 0. The van der Waals surface area contributed by atoms with Crippen LogP contribution in [0.1, 0.15) is 32.7 Å². The van der Waals surface area contributed by atoms with Crippen molar-refractivity contribution in [2.75, 3.05) is 5.32 Å². The maximum Gasteiger partial charge on any atom is 0.328 e. The van der Waals surface area contributed by atoms with Crippen molar-refractivity contribution < 1.29 is 4.79 Å². The molecule has 8 nitrogen and oxygen atoms in total. The van der Waals surface area contributed by atoms with Crippen molar-refractivity contribution in [2.24, 2.45) is 0 Å². The molecule has 0 aliphatic carbocycles. The van der Waals surface area contributed by atoms with Gasteiger partial charge in [0.25, 0.3) is 5.56 Å². The Morgan fingerprint density at radius 2 is 2.18 bits per heavy atom. The molecule has 8 heteroatoms. The van der Waals surface area contributed by atoms with E-state index in [1.54, 1.807) is 16.9 Å². The highest BCUT2D eigenvalue weighted by Crippen LogP contribution is 2.16. The Hall–Kier alpha value is -2.64. The van der Waals surface area contributed by atoms with E-state index in [2.05, 4.69) is 15.4 Å². The molecule has 22 heavy (non-hydrogen) atoms. The average Bonchev–Trinajstić information content (AvgIpc) is 2.93. The van der Waals surface area contributed by atoms with Gasteiger partial charge in [-0.2, -0.15) is 5.10 Å². The number of H-pyrrole nitrogens is 1. The molecule has 1 unspecified atom stereocenters. The highest BCUT2D eigenvalue weighted by atomic mass is 16.2. The van der Waals surface area contributed by atoms with Crippen molar-refractivity contribution in [3.8, 4) is 0 Å². The van der Waals surface area contributed by atoms with Crippen LogP contribution in [0.5, 0.6) is 0 Å². The fourth-order valence-corrected chi connectivity index (χ4v) is 1.99. The predicted octanol–water partition coefficient (Wildman–Crippen LogP) is 0.733. The first kappa shape index (κ1) is 15.7. The highest BCUT2D eigenvalue weighted by Gasteiger charge is 2.11. The van der Waals surface area contributed by atoms with Crippen LogP contribution in [0.2, 0.25) is 0 Å². The van der Waals surface area contributed by atoms with Gasteiger partial charge in [0, 0.05) is 31.3 Å². The summed E-state index contributed by atoms with van der Waals surface area (Å²) in [4.78, 5) is 36.6. The van der Waals surface area contributed by atoms with Crippen LogP contribution in [0.4, 0.5) is 5.82 Å². The third-order valence-electron chi connectivity index (χ3n) is 3.42. The maximum absolute atomic E-state index is 12.0. The Balaban J connectivity index is 1.98. The smallest absolute Gasteiger partial charge is 0.311 e. The van der Waals surface area contributed by atoms with Crippen LogP contribution < -0.4 is 16.6 Å². The Kier molecular flexibility index (Phi) is 4.92. The minimum absolute atomic E-state index is 0.123.